The molecule has 2 heteroatoms. The van der Waals surface area contributed by atoms with Crippen molar-refractivity contribution in [3.8, 4) is 0 Å². The Morgan fingerprint density at radius 2 is 2.50 bits per heavy atom. The van der Waals surface area contributed by atoms with Crippen molar-refractivity contribution in [1.82, 2.24) is 0 Å². The Labute approximate surface area is 71.4 Å². The van der Waals surface area contributed by atoms with E-state index in [1.165, 1.54) is 0 Å². The van der Waals surface area contributed by atoms with Gasteiger partial charge in [-0.15, -0.1) is 0 Å². The Morgan fingerprint density at radius 1 is 1.58 bits per heavy atom. The second-order valence-electron chi connectivity index (χ2n) is 3.68. The average molecular weight is 158 g/mol. The maximum atomic E-state index is 4.56. The summed E-state index contributed by atoms with van der Waals surface area (Å²) in [4.78, 5) is 9.06. The maximum Gasteiger partial charge on any atom is 0.110 e. The van der Waals surface area contributed by atoms with E-state index < -0.39 is 0 Å². The minimum atomic E-state index is 0.0776. The van der Waals surface area contributed by atoms with Gasteiger partial charge in [0.05, 0.1) is 11.4 Å². The number of aliphatic imine (C=N–C) groups is 2. The van der Waals surface area contributed by atoms with Gasteiger partial charge in [0.2, 0.25) is 0 Å². The summed E-state index contributed by atoms with van der Waals surface area (Å²) >= 11 is 0. The van der Waals surface area contributed by atoms with Crippen LogP contribution in [0.15, 0.2) is 33.9 Å². The summed E-state index contributed by atoms with van der Waals surface area (Å²) in [6, 6.07) is 0. The van der Waals surface area contributed by atoms with Crippen molar-refractivity contribution in [3.05, 3.63) is 23.9 Å². The summed E-state index contributed by atoms with van der Waals surface area (Å²) in [5.74, 6) is 0.630. The van der Waals surface area contributed by atoms with E-state index >= 15 is 0 Å². The van der Waals surface area contributed by atoms with Gasteiger partial charge in [-0.05, 0) is 19.4 Å². The molecule has 0 aromatic rings. The van der Waals surface area contributed by atoms with E-state index in [9.17, 15) is 0 Å². The molecule has 0 bridgehead atoms. The van der Waals surface area contributed by atoms with Crippen molar-refractivity contribution in [3.63, 3.8) is 0 Å². The second-order valence-corrected chi connectivity index (χ2v) is 3.68. The van der Waals surface area contributed by atoms with E-state index in [-0.39, 0.29) is 5.54 Å². The van der Waals surface area contributed by atoms with E-state index in [1.54, 1.807) is 0 Å². The Kier molecular flexibility index (Phi) is 0.932. The van der Waals surface area contributed by atoms with Gasteiger partial charge in [0.1, 0.15) is 5.54 Å². The van der Waals surface area contributed by atoms with E-state index in [4.69, 9.17) is 0 Å². The number of hydrogen-bond acceptors (Lipinski definition) is 2. The van der Waals surface area contributed by atoms with Crippen LogP contribution in [0.4, 0.5) is 0 Å². The SMILES string of the molecule is CC1=NC2=CC=CC3CC23N=C1. The van der Waals surface area contributed by atoms with Gasteiger partial charge in [0.15, 0.2) is 0 Å². The highest BCUT2D eigenvalue weighted by molar-refractivity contribution is 6.30. The average Bonchev–Trinajstić information content (AvgIpc) is 2.77. The predicted molar refractivity (Wildman–Crippen MR) is 49.7 cm³/mol. The van der Waals surface area contributed by atoms with Gasteiger partial charge < -0.3 is 0 Å². The lowest BCUT2D eigenvalue weighted by molar-refractivity contribution is 0.730. The van der Waals surface area contributed by atoms with Crippen molar-refractivity contribution in [1.29, 1.82) is 0 Å². The summed E-state index contributed by atoms with van der Waals surface area (Å²) in [5.41, 5.74) is 2.26. The monoisotopic (exact) mass is 158 g/mol. The fourth-order valence-electron chi connectivity index (χ4n) is 2.00. The molecule has 1 spiro atoms. The molecule has 3 aliphatic rings. The van der Waals surface area contributed by atoms with Crippen molar-refractivity contribution >= 4 is 11.9 Å². The van der Waals surface area contributed by atoms with Gasteiger partial charge in [-0.25, -0.2) is 0 Å². The molecule has 12 heavy (non-hydrogen) atoms. The van der Waals surface area contributed by atoms with E-state index in [1.807, 2.05) is 13.1 Å². The van der Waals surface area contributed by atoms with Gasteiger partial charge in [-0.3, -0.25) is 9.98 Å². The highest BCUT2D eigenvalue weighted by Crippen LogP contribution is 2.56. The third-order valence-electron chi connectivity index (χ3n) is 2.80. The lowest BCUT2D eigenvalue weighted by Gasteiger charge is -2.18. The van der Waals surface area contributed by atoms with Gasteiger partial charge in [-0.1, -0.05) is 12.2 Å². The molecule has 0 aromatic heterocycles. The number of allylic oxidation sites excluding steroid dienone is 2. The lowest BCUT2D eigenvalue weighted by Crippen LogP contribution is -2.19. The normalized spacial score (nSPS) is 41.2. The Hall–Kier alpha value is -1.18. The standard InChI is InChI=1S/C10H10N2/c1-7-6-11-10-5-8(10)3-2-4-9(10)12-7/h2-4,6,8H,5H2,1H3. The van der Waals surface area contributed by atoms with Gasteiger partial charge in [0.25, 0.3) is 0 Å². The predicted octanol–water partition coefficient (Wildman–Crippen LogP) is 1.74. The van der Waals surface area contributed by atoms with Gasteiger partial charge in [-0.2, -0.15) is 0 Å². The molecular weight excluding hydrogens is 148 g/mol. The molecular formula is C10H10N2. The molecule has 1 fully saturated rings. The van der Waals surface area contributed by atoms with E-state index in [0.29, 0.717) is 5.92 Å². The largest absolute Gasteiger partial charge is 0.278 e. The van der Waals surface area contributed by atoms with Crippen molar-refractivity contribution in [2.75, 3.05) is 0 Å². The van der Waals surface area contributed by atoms with Crippen molar-refractivity contribution in [2.24, 2.45) is 15.9 Å². The van der Waals surface area contributed by atoms with Crippen LogP contribution in [-0.2, 0) is 0 Å². The summed E-state index contributed by atoms with van der Waals surface area (Å²) in [6.45, 7) is 1.99. The van der Waals surface area contributed by atoms with Crippen LogP contribution in [0.3, 0.4) is 0 Å². The zero-order chi connectivity index (χ0) is 8.18. The fourth-order valence-corrected chi connectivity index (χ4v) is 2.00. The molecule has 2 atom stereocenters. The van der Waals surface area contributed by atoms with Crippen LogP contribution in [0.5, 0.6) is 0 Å². The second kappa shape index (κ2) is 1.76. The highest BCUT2D eigenvalue weighted by atomic mass is 15.0. The Balaban J connectivity index is 2.15. The molecule has 0 amide bonds. The smallest absolute Gasteiger partial charge is 0.110 e. The van der Waals surface area contributed by atoms with Crippen LogP contribution in [0, 0.1) is 5.92 Å². The number of nitrogens with zero attached hydrogens (tertiary/aromatic N) is 2. The van der Waals surface area contributed by atoms with E-state index in [2.05, 4.69) is 28.2 Å². The first kappa shape index (κ1) is 6.35. The Bertz CT molecular complexity index is 360. The van der Waals surface area contributed by atoms with Crippen LogP contribution in [-0.4, -0.2) is 17.5 Å². The molecule has 1 aliphatic heterocycles. The number of rotatable bonds is 0. The molecule has 2 nitrogen and oxygen atoms in total. The highest BCUT2D eigenvalue weighted by Gasteiger charge is 2.57. The first-order chi connectivity index (χ1) is 5.81. The maximum absolute atomic E-state index is 4.56. The fraction of sp³-hybridized carbons (Fsp3) is 0.400. The van der Waals surface area contributed by atoms with Crippen LogP contribution < -0.4 is 0 Å². The zero-order valence-electron chi connectivity index (χ0n) is 6.99. The molecule has 2 unspecified atom stereocenters. The van der Waals surface area contributed by atoms with E-state index in [0.717, 1.165) is 17.8 Å². The molecule has 0 aromatic carbocycles. The van der Waals surface area contributed by atoms with Crippen LogP contribution in [0.2, 0.25) is 0 Å². The third kappa shape index (κ3) is 0.607. The molecule has 0 saturated heterocycles. The van der Waals surface area contributed by atoms with Crippen molar-refractivity contribution < 1.29 is 0 Å². The topological polar surface area (TPSA) is 24.7 Å². The Morgan fingerprint density at radius 3 is 3.42 bits per heavy atom. The van der Waals surface area contributed by atoms with Crippen molar-refractivity contribution in [2.45, 2.75) is 18.9 Å². The molecule has 3 rings (SSSR count). The summed E-state index contributed by atoms with van der Waals surface area (Å²) in [5, 5.41) is 0. The van der Waals surface area contributed by atoms with Crippen LogP contribution in [0.25, 0.3) is 0 Å². The lowest BCUT2D eigenvalue weighted by atomic mass is 10.0. The molecule has 0 radical (unpaired) electrons. The molecule has 60 valence electrons. The molecule has 1 saturated carbocycles. The number of hydrogen-bond donors (Lipinski definition) is 0. The summed E-state index contributed by atoms with van der Waals surface area (Å²) < 4.78 is 0. The molecule has 0 N–H and O–H groups in total. The summed E-state index contributed by atoms with van der Waals surface area (Å²) in [7, 11) is 0. The zero-order valence-corrected chi connectivity index (χ0v) is 6.99. The van der Waals surface area contributed by atoms with Gasteiger partial charge in [0, 0.05) is 12.1 Å². The third-order valence-corrected chi connectivity index (χ3v) is 2.80. The van der Waals surface area contributed by atoms with Crippen LogP contribution >= 0.6 is 0 Å². The quantitative estimate of drug-likeness (QED) is 0.513. The molecule has 2 aliphatic carbocycles. The summed E-state index contributed by atoms with van der Waals surface area (Å²) in [6.07, 6.45) is 9.47. The first-order valence-electron chi connectivity index (χ1n) is 4.31. The van der Waals surface area contributed by atoms with Gasteiger partial charge >= 0.3 is 0 Å². The van der Waals surface area contributed by atoms with Crippen LogP contribution in [0.1, 0.15) is 13.3 Å². The first-order valence-corrected chi connectivity index (χ1v) is 4.31. The minimum Gasteiger partial charge on any atom is -0.278 e. The minimum absolute atomic E-state index is 0.0776. The molecule has 1 heterocycles.